The van der Waals surface area contributed by atoms with Crippen LogP contribution >= 0.6 is 0 Å². The van der Waals surface area contributed by atoms with E-state index in [1.807, 2.05) is 46.5 Å². The molecule has 184 valence electrons. The van der Waals surface area contributed by atoms with Crippen LogP contribution in [0.5, 0.6) is 5.75 Å². The van der Waals surface area contributed by atoms with E-state index in [1.54, 1.807) is 25.6 Å². The average molecular weight is 487 g/mol. The van der Waals surface area contributed by atoms with E-state index in [9.17, 15) is 14.3 Å². The van der Waals surface area contributed by atoms with Gasteiger partial charge in [-0.3, -0.25) is 4.79 Å². The standard InChI is InChI=1S/C28H27FN4O3/c1-17-10-21(11-19-4-9-24(25(12-19)36-3)32-14-18(2)30-16-32)27-31-28(35)23(15-34)26(33(27)13-17)20-5-7-22(29)8-6-20/h4-9,11-12,14,16-17,34H,10,13,15H2,1-3H3/b21-11+. The number of nitrogens with zero attached hydrogens (tertiary/aromatic N) is 4. The molecule has 0 radical (unpaired) electrons. The van der Waals surface area contributed by atoms with Gasteiger partial charge < -0.3 is 19.0 Å². The maximum absolute atomic E-state index is 13.6. The number of imidazole rings is 1. The molecule has 8 heteroatoms. The summed E-state index contributed by atoms with van der Waals surface area (Å²) in [5.41, 5.74) is 4.57. The third-order valence-electron chi connectivity index (χ3n) is 6.44. The van der Waals surface area contributed by atoms with Crippen LogP contribution in [0.2, 0.25) is 0 Å². The monoisotopic (exact) mass is 486 g/mol. The summed E-state index contributed by atoms with van der Waals surface area (Å²) in [5, 5.41) is 10.0. The second kappa shape index (κ2) is 9.54. The highest BCUT2D eigenvalue weighted by Gasteiger charge is 2.26. The van der Waals surface area contributed by atoms with Gasteiger partial charge in [0.2, 0.25) is 0 Å². The van der Waals surface area contributed by atoms with Crippen LogP contribution in [0.15, 0.2) is 59.8 Å². The Kier molecular flexibility index (Phi) is 6.28. The topological polar surface area (TPSA) is 82.2 Å². The fraction of sp³-hybridized carbons (Fsp3) is 0.250. The zero-order chi connectivity index (χ0) is 25.4. The minimum atomic E-state index is -0.480. The van der Waals surface area contributed by atoms with E-state index >= 15 is 0 Å². The van der Waals surface area contributed by atoms with E-state index in [2.05, 4.69) is 16.9 Å². The number of aromatic nitrogens is 4. The second-order valence-electron chi connectivity index (χ2n) is 9.18. The first-order valence-electron chi connectivity index (χ1n) is 11.8. The van der Waals surface area contributed by atoms with Crippen molar-refractivity contribution in [2.45, 2.75) is 33.4 Å². The molecular formula is C28H27FN4O3. The Balaban J connectivity index is 1.65. The zero-order valence-corrected chi connectivity index (χ0v) is 20.4. The SMILES string of the molecule is COc1cc(/C=C2\CC(C)Cn3c2nc(=O)c(CO)c3-c2ccc(F)cc2)ccc1-n1cnc(C)c1. The van der Waals surface area contributed by atoms with Gasteiger partial charge in [0.05, 0.1) is 42.7 Å². The summed E-state index contributed by atoms with van der Waals surface area (Å²) in [6, 6.07) is 11.9. The van der Waals surface area contributed by atoms with E-state index in [0.717, 1.165) is 28.9 Å². The molecule has 0 aliphatic carbocycles. The molecule has 36 heavy (non-hydrogen) atoms. The number of aliphatic hydroxyl groups excluding tert-OH is 1. The lowest BCUT2D eigenvalue weighted by Crippen LogP contribution is -2.29. The summed E-state index contributed by atoms with van der Waals surface area (Å²) in [5.74, 6) is 1.15. The molecule has 7 nitrogen and oxygen atoms in total. The fourth-order valence-corrected chi connectivity index (χ4v) is 4.82. The van der Waals surface area contributed by atoms with Crippen LogP contribution in [-0.2, 0) is 13.2 Å². The lowest BCUT2D eigenvalue weighted by Gasteiger charge is -2.29. The van der Waals surface area contributed by atoms with Gasteiger partial charge in [-0.2, -0.15) is 4.98 Å². The molecule has 0 amide bonds. The highest BCUT2D eigenvalue weighted by atomic mass is 19.1. The molecule has 1 N–H and O–H groups in total. The predicted molar refractivity (Wildman–Crippen MR) is 136 cm³/mol. The van der Waals surface area contributed by atoms with E-state index < -0.39 is 12.2 Å². The summed E-state index contributed by atoms with van der Waals surface area (Å²) in [6.45, 7) is 4.24. The molecule has 3 heterocycles. The summed E-state index contributed by atoms with van der Waals surface area (Å²) in [4.78, 5) is 21.6. The van der Waals surface area contributed by atoms with Crippen molar-refractivity contribution in [3.63, 3.8) is 0 Å². The van der Waals surface area contributed by atoms with Crippen molar-refractivity contribution in [1.82, 2.24) is 19.1 Å². The molecule has 0 bridgehead atoms. The Morgan fingerprint density at radius 1 is 1.22 bits per heavy atom. The van der Waals surface area contributed by atoms with Crippen LogP contribution in [0, 0.1) is 18.7 Å². The van der Waals surface area contributed by atoms with Crippen molar-refractivity contribution in [3.05, 3.63) is 93.8 Å². The normalized spacial score (nSPS) is 16.2. The number of allylic oxidation sites excluding steroid dienone is 1. The van der Waals surface area contributed by atoms with Gasteiger partial charge in [-0.1, -0.05) is 13.0 Å². The molecule has 2 aromatic heterocycles. The quantitative estimate of drug-likeness (QED) is 0.445. The van der Waals surface area contributed by atoms with Crippen molar-refractivity contribution >= 4 is 11.6 Å². The smallest absolute Gasteiger partial charge is 0.279 e. The third kappa shape index (κ3) is 4.35. The van der Waals surface area contributed by atoms with Gasteiger partial charge in [-0.05, 0) is 78.4 Å². The highest BCUT2D eigenvalue weighted by Crippen LogP contribution is 2.35. The Labute approximate surface area is 208 Å². The first-order chi connectivity index (χ1) is 17.4. The van der Waals surface area contributed by atoms with Gasteiger partial charge in [0.1, 0.15) is 17.4 Å². The molecule has 0 saturated carbocycles. The van der Waals surface area contributed by atoms with Crippen molar-refractivity contribution in [2.75, 3.05) is 7.11 Å². The average Bonchev–Trinajstić information content (AvgIpc) is 3.30. The molecule has 4 aromatic rings. The lowest BCUT2D eigenvalue weighted by molar-refractivity contribution is 0.278. The molecule has 1 aliphatic rings. The van der Waals surface area contributed by atoms with Crippen LogP contribution in [-0.4, -0.2) is 31.3 Å². The van der Waals surface area contributed by atoms with Crippen molar-refractivity contribution in [3.8, 4) is 22.7 Å². The van der Waals surface area contributed by atoms with Gasteiger partial charge in [0.15, 0.2) is 0 Å². The van der Waals surface area contributed by atoms with Crippen LogP contribution in [0.1, 0.15) is 36.0 Å². The summed E-state index contributed by atoms with van der Waals surface area (Å²) in [7, 11) is 1.63. The molecule has 0 fully saturated rings. The molecule has 1 atom stereocenters. The van der Waals surface area contributed by atoms with Crippen LogP contribution in [0.25, 0.3) is 28.6 Å². The minimum absolute atomic E-state index is 0.209. The van der Waals surface area contributed by atoms with E-state index in [0.29, 0.717) is 29.4 Å². The maximum Gasteiger partial charge on any atom is 0.279 e. The zero-order valence-electron chi connectivity index (χ0n) is 20.4. The number of methoxy groups -OCH3 is 1. The Morgan fingerprint density at radius 2 is 2.00 bits per heavy atom. The molecule has 1 unspecified atom stereocenters. The number of fused-ring (bicyclic) bond motifs is 1. The number of halogens is 1. The lowest BCUT2D eigenvalue weighted by atomic mass is 9.93. The third-order valence-corrected chi connectivity index (χ3v) is 6.44. The Hall–Kier alpha value is -4.04. The fourth-order valence-electron chi connectivity index (χ4n) is 4.82. The second-order valence-corrected chi connectivity index (χ2v) is 9.18. The number of benzene rings is 2. The van der Waals surface area contributed by atoms with Gasteiger partial charge in [-0.15, -0.1) is 0 Å². The first kappa shape index (κ1) is 23.7. The molecule has 1 aliphatic heterocycles. The minimum Gasteiger partial charge on any atom is -0.495 e. The molecule has 5 rings (SSSR count). The number of rotatable bonds is 5. The van der Waals surface area contributed by atoms with Gasteiger partial charge in [0.25, 0.3) is 5.56 Å². The Morgan fingerprint density at radius 3 is 2.67 bits per heavy atom. The van der Waals surface area contributed by atoms with Gasteiger partial charge >= 0.3 is 0 Å². The van der Waals surface area contributed by atoms with Gasteiger partial charge in [-0.25, -0.2) is 9.37 Å². The largest absolute Gasteiger partial charge is 0.495 e. The number of hydrogen-bond donors (Lipinski definition) is 1. The van der Waals surface area contributed by atoms with Crippen molar-refractivity contribution in [2.24, 2.45) is 5.92 Å². The molecule has 0 saturated heterocycles. The highest BCUT2D eigenvalue weighted by molar-refractivity contribution is 5.81. The van der Waals surface area contributed by atoms with Crippen molar-refractivity contribution in [1.29, 1.82) is 0 Å². The maximum atomic E-state index is 13.6. The van der Waals surface area contributed by atoms with E-state index in [-0.39, 0.29) is 17.3 Å². The van der Waals surface area contributed by atoms with Gasteiger partial charge in [0, 0.05) is 12.7 Å². The number of aliphatic hydroxyl groups is 1. The molecule has 0 spiro atoms. The van der Waals surface area contributed by atoms with Crippen LogP contribution in [0.4, 0.5) is 4.39 Å². The number of ether oxygens (including phenoxy) is 1. The first-order valence-corrected chi connectivity index (χ1v) is 11.8. The van der Waals surface area contributed by atoms with Crippen molar-refractivity contribution < 1.29 is 14.2 Å². The molecule has 2 aromatic carbocycles. The molecular weight excluding hydrogens is 459 g/mol. The summed E-state index contributed by atoms with van der Waals surface area (Å²) < 4.78 is 23.2. The summed E-state index contributed by atoms with van der Waals surface area (Å²) >= 11 is 0. The van der Waals surface area contributed by atoms with Crippen LogP contribution < -0.4 is 10.3 Å². The van der Waals surface area contributed by atoms with E-state index in [4.69, 9.17) is 4.74 Å². The van der Waals surface area contributed by atoms with Crippen LogP contribution in [0.3, 0.4) is 0 Å². The van der Waals surface area contributed by atoms with E-state index in [1.165, 1.54) is 12.1 Å². The number of hydrogen-bond acceptors (Lipinski definition) is 5. The Bertz CT molecular complexity index is 1520. The summed E-state index contributed by atoms with van der Waals surface area (Å²) in [6.07, 6.45) is 6.43. The predicted octanol–water partition coefficient (Wildman–Crippen LogP) is 4.62. The number of aryl methyl sites for hydroxylation is 1.